The second-order valence-electron chi connectivity index (χ2n) is 7.64. The molecule has 170 valence electrons. The summed E-state index contributed by atoms with van der Waals surface area (Å²) in [5, 5.41) is 2.84. The maximum Gasteiger partial charge on any atom is 0.243 e. The number of benzene rings is 2. The van der Waals surface area contributed by atoms with Gasteiger partial charge in [-0.2, -0.15) is 0 Å². The molecule has 0 fully saturated rings. The van der Waals surface area contributed by atoms with E-state index in [0.29, 0.717) is 18.0 Å². The van der Waals surface area contributed by atoms with Crippen LogP contribution < -0.4 is 19.1 Å². The van der Waals surface area contributed by atoms with Crippen LogP contribution in [0.3, 0.4) is 0 Å². The summed E-state index contributed by atoms with van der Waals surface area (Å²) in [6.45, 7) is 5.99. The van der Waals surface area contributed by atoms with E-state index < -0.39 is 16.1 Å². The first-order valence-corrected chi connectivity index (χ1v) is 12.1. The standard InChI is InChI=1S/C23H32N2O5S/c1-17(2)30-21-13-11-19(12-14-21)8-7-15-24-23(26)18(3)25(31(5,27)28)20-9-6-10-22(16-20)29-4/h6,9-14,16-18H,7-8,15H2,1-5H3,(H,24,26)/t18-/m0/s1. The van der Waals surface area contributed by atoms with Gasteiger partial charge in [0.15, 0.2) is 0 Å². The van der Waals surface area contributed by atoms with Crippen LogP contribution in [0.1, 0.15) is 32.8 Å². The molecule has 2 aromatic rings. The fourth-order valence-corrected chi connectivity index (χ4v) is 4.38. The van der Waals surface area contributed by atoms with Gasteiger partial charge in [0.2, 0.25) is 15.9 Å². The average molecular weight is 449 g/mol. The monoisotopic (exact) mass is 448 g/mol. The largest absolute Gasteiger partial charge is 0.497 e. The summed E-state index contributed by atoms with van der Waals surface area (Å²) >= 11 is 0. The number of carbonyl (C=O) groups excluding carboxylic acids is 1. The van der Waals surface area contributed by atoms with Crippen LogP contribution in [-0.4, -0.2) is 46.4 Å². The van der Waals surface area contributed by atoms with Crippen LogP contribution in [0.4, 0.5) is 5.69 Å². The predicted octanol–water partition coefficient (Wildman–Crippen LogP) is 3.39. The molecule has 0 spiro atoms. The highest BCUT2D eigenvalue weighted by Crippen LogP contribution is 2.25. The number of carbonyl (C=O) groups is 1. The molecule has 31 heavy (non-hydrogen) atoms. The minimum atomic E-state index is -3.67. The number of rotatable bonds is 11. The highest BCUT2D eigenvalue weighted by atomic mass is 32.2. The Kier molecular flexibility index (Phi) is 8.74. The Morgan fingerprint density at radius 3 is 2.32 bits per heavy atom. The molecule has 1 atom stereocenters. The molecule has 1 N–H and O–H groups in total. The van der Waals surface area contributed by atoms with Crippen molar-refractivity contribution < 1.29 is 22.7 Å². The summed E-state index contributed by atoms with van der Waals surface area (Å²) in [5.41, 5.74) is 1.53. The number of aryl methyl sites for hydroxylation is 1. The van der Waals surface area contributed by atoms with E-state index in [2.05, 4.69) is 5.32 Å². The first-order chi connectivity index (χ1) is 14.6. The number of methoxy groups -OCH3 is 1. The molecule has 2 rings (SSSR count). The Hall–Kier alpha value is -2.74. The Balaban J connectivity index is 1.93. The average Bonchev–Trinajstić information content (AvgIpc) is 2.71. The number of nitrogens with one attached hydrogen (secondary N) is 1. The molecule has 0 aromatic heterocycles. The maximum absolute atomic E-state index is 12.7. The Morgan fingerprint density at radius 1 is 1.06 bits per heavy atom. The van der Waals surface area contributed by atoms with Crippen molar-refractivity contribution in [2.45, 2.75) is 45.8 Å². The molecule has 2 aromatic carbocycles. The fourth-order valence-electron chi connectivity index (χ4n) is 3.22. The van der Waals surface area contributed by atoms with Gasteiger partial charge in [-0.25, -0.2) is 8.42 Å². The van der Waals surface area contributed by atoms with Gasteiger partial charge in [-0.05, 0) is 63.4 Å². The third-order valence-corrected chi connectivity index (χ3v) is 5.87. The molecule has 0 aliphatic rings. The van der Waals surface area contributed by atoms with E-state index in [1.165, 1.54) is 7.11 Å². The van der Waals surface area contributed by atoms with Gasteiger partial charge in [0.05, 0.1) is 25.2 Å². The van der Waals surface area contributed by atoms with E-state index in [9.17, 15) is 13.2 Å². The summed E-state index contributed by atoms with van der Waals surface area (Å²) in [6.07, 6.45) is 2.75. The summed E-state index contributed by atoms with van der Waals surface area (Å²) in [5.74, 6) is 0.997. The summed E-state index contributed by atoms with van der Waals surface area (Å²) < 4.78 is 36.7. The van der Waals surface area contributed by atoms with Crippen LogP contribution in [0.2, 0.25) is 0 Å². The van der Waals surface area contributed by atoms with Gasteiger partial charge in [0.25, 0.3) is 0 Å². The molecular formula is C23H32N2O5S. The van der Waals surface area contributed by atoms with E-state index in [1.807, 2.05) is 38.1 Å². The second kappa shape index (κ2) is 11.0. The predicted molar refractivity (Wildman–Crippen MR) is 123 cm³/mol. The SMILES string of the molecule is COc1cccc(N([C@@H](C)C(=O)NCCCc2ccc(OC(C)C)cc2)S(C)(=O)=O)c1. The van der Waals surface area contributed by atoms with E-state index in [-0.39, 0.29) is 12.0 Å². The van der Waals surface area contributed by atoms with Gasteiger partial charge in [-0.1, -0.05) is 18.2 Å². The smallest absolute Gasteiger partial charge is 0.243 e. The highest BCUT2D eigenvalue weighted by Gasteiger charge is 2.29. The first kappa shape index (κ1) is 24.5. The molecule has 8 heteroatoms. The van der Waals surface area contributed by atoms with Crippen molar-refractivity contribution in [2.75, 3.05) is 24.2 Å². The zero-order valence-electron chi connectivity index (χ0n) is 18.8. The number of nitrogens with zero attached hydrogens (tertiary/aromatic N) is 1. The highest BCUT2D eigenvalue weighted by molar-refractivity contribution is 7.92. The Bertz CT molecular complexity index is 958. The number of sulfonamides is 1. The lowest BCUT2D eigenvalue weighted by molar-refractivity contribution is -0.121. The third-order valence-electron chi connectivity index (χ3n) is 4.63. The molecule has 0 aliphatic heterocycles. The van der Waals surface area contributed by atoms with E-state index >= 15 is 0 Å². The topological polar surface area (TPSA) is 84.9 Å². The van der Waals surface area contributed by atoms with Crippen LogP contribution in [-0.2, 0) is 21.2 Å². The van der Waals surface area contributed by atoms with Crippen LogP contribution in [0, 0.1) is 0 Å². The van der Waals surface area contributed by atoms with E-state index in [1.54, 1.807) is 31.2 Å². The quantitative estimate of drug-likeness (QED) is 0.533. The van der Waals surface area contributed by atoms with Crippen LogP contribution in [0.25, 0.3) is 0 Å². The number of anilines is 1. The van der Waals surface area contributed by atoms with Gasteiger partial charge in [-0.15, -0.1) is 0 Å². The summed E-state index contributed by atoms with van der Waals surface area (Å²) in [7, 11) is -2.16. The molecule has 7 nitrogen and oxygen atoms in total. The summed E-state index contributed by atoms with van der Waals surface area (Å²) in [6, 6.07) is 13.6. The van der Waals surface area contributed by atoms with Crippen molar-refractivity contribution in [3.8, 4) is 11.5 Å². The number of hydrogen-bond donors (Lipinski definition) is 1. The number of hydrogen-bond acceptors (Lipinski definition) is 5. The normalized spacial score (nSPS) is 12.3. The Morgan fingerprint density at radius 2 is 1.74 bits per heavy atom. The minimum Gasteiger partial charge on any atom is -0.497 e. The number of amides is 1. The van der Waals surface area contributed by atoms with Gasteiger partial charge in [0.1, 0.15) is 17.5 Å². The lowest BCUT2D eigenvalue weighted by Crippen LogP contribution is -2.48. The molecule has 0 unspecified atom stereocenters. The minimum absolute atomic E-state index is 0.131. The van der Waals surface area contributed by atoms with Crippen molar-refractivity contribution in [2.24, 2.45) is 0 Å². The molecule has 0 bridgehead atoms. The molecular weight excluding hydrogens is 416 g/mol. The van der Waals surface area contributed by atoms with Crippen molar-refractivity contribution in [1.82, 2.24) is 5.32 Å². The Labute approximate surface area is 185 Å². The van der Waals surface area contributed by atoms with Crippen molar-refractivity contribution in [3.63, 3.8) is 0 Å². The second-order valence-corrected chi connectivity index (χ2v) is 9.50. The third kappa shape index (κ3) is 7.47. The van der Waals surface area contributed by atoms with Gasteiger partial charge >= 0.3 is 0 Å². The van der Waals surface area contributed by atoms with Crippen molar-refractivity contribution >= 4 is 21.6 Å². The zero-order chi connectivity index (χ0) is 23.0. The van der Waals surface area contributed by atoms with Crippen LogP contribution >= 0.6 is 0 Å². The molecule has 0 saturated heterocycles. The number of ether oxygens (including phenoxy) is 2. The molecule has 0 radical (unpaired) electrons. The maximum atomic E-state index is 12.7. The van der Waals surface area contributed by atoms with E-state index in [4.69, 9.17) is 9.47 Å². The van der Waals surface area contributed by atoms with Crippen LogP contribution in [0.5, 0.6) is 11.5 Å². The molecule has 0 heterocycles. The summed E-state index contributed by atoms with van der Waals surface area (Å²) in [4.78, 5) is 12.7. The van der Waals surface area contributed by atoms with Crippen molar-refractivity contribution in [3.05, 3.63) is 54.1 Å². The lowest BCUT2D eigenvalue weighted by Gasteiger charge is -2.28. The first-order valence-electron chi connectivity index (χ1n) is 10.3. The molecule has 1 amide bonds. The zero-order valence-corrected chi connectivity index (χ0v) is 19.6. The fraction of sp³-hybridized carbons (Fsp3) is 0.435. The molecule has 0 saturated carbocycles. The van der Waals surface area contributed by atoms with Crippen LogP contribution in [0.15, 0.2) is 48.5 Å². The molecule has 0 aliphatic carbocycles. The van der Waals surface area contributed by atoms with Crippen molar-refractivity contribution in [1.29, 1.82) is 0 Å². The van der Waals surface area contributed by atoms with Gasteiger partial charge < -0.3 is 14.8 Å². The van der Waals surface area contributed by atoms with Gasteiger partial charge in [0, 0.05) is 12.6 Å². The van der Waals surface area contributed by atoms with E-state index in [0.717, 1.165) is 34.7 Å². The van der Waals surface area contributed by atoms with Gasteiger partial charge in [-0.3, -0.25) is 9.10 Å². The lowest BCUT2D eigenvalue weighted by atomic mass is 10.1.